The van der Waals surface area contributed by atoms with Crippen LogP contribution >= 0.6 is 15.9 Å². The molecule has 0 aliphatic carbocycles. The van der Waals surface area contributed by atoms with Crippen LogP contribution in [0.25, 0.3) is 11.4 Å². The summed E-state index contributed by atoms with van der Waals surface area (Å²) in [7, 11) is 1.69. The summed E-state index contributed by atoms with van der Waals surface area (Å²) < 4.78 is 11.5. The monoisotopic (exact) mass is 339 g/mol. The normalized spacial score (nSPS) is 12.6. The fourth-order valence-corrected chi connectivity index (χ4v) is 2.37. The van der Waals surface area contributed by atoms with Gasteiger partial charge in [0, 0.05) is 29.6 Å². The Morgan fingerprint density at radius 3 is 3.00 bits per heavy atom. The second-order valence-electron chi connectivity index (χ2n) is 4.44. The highest BCUT2D eigenvalue weighted by atomic mass is 79.9. The number of hydrogen-bond acceptors (Lipinski definition) is 5. The van der Waals surface area contributed by atoms with Crippen LogP contribution < -0.4 is 5.32 Å². The predicted molar refractivity (Wildman–Crippen MR) is 80.5 cm³/mol. The molecule has 0 aliphatic rings. The van der Waals surface area contributed by atoms with Crippen molar-refractivity contribution in [2.75, 3.05) is 20.3 Å². The first-order valence-corrected chi connectivity index (χ1v) is 7.33. The van der Waals surface area contributed by atoms with E-state index >= 15 is 0 Å². The maximum Gasteiger partial charge on any atom is 0.228 e. The van der Waals surface area contributed by atoms with Crippen LogP contribution in [0.2, 0.25) is 0 Å². The number of rotatable bonds is 7. The second kappa shape index (κ2) is 7.52. The van der Waals surface area contributed by atoms with E-state index in [-0.39, 0.29) is 6.04 Å². The van der Waals surface area contributed by atoms with Crippen LogP contribution in [0.4, 0.5) is 0 Å². The van der Waals surface area contributed by atoms with Gasteiger partial charge < -0.3 is 14.6 Å². The maximum atomic E-state index is 5.31. The fourth-order valence-electron chi connectivity index (χ4n) is 1.97. The average Bonchev–Trinajstić information content (AvgIpc) is 2.88. The molecule has 1 N–H and O–H groups in total. The second-order valence-corrected chi connectivity index (χ2v) is 5.35. The summed E-state index contributed by atoms with van der Waals surface area (Å²) in [5.74, 6) is 1.22. The molecule has 1 heterocycles. The molecule has 0 saturated carbocycles. The van der Waals surface area contributed by atoms with Crippen molar-refractivity contribution in [3.05, 3.63) is 34.6 Å². The lowest BCUT2D eigenvalue weighted by Gasteiger charge is -2.14. The molecule has 1 aromatic heterocycles. The van der Waals surface area contributed by atoms with Gasteiger partial charge in [0.25, 0.3) is 0 Å². The number of hydrogen-bond donors (Lipinski definition) is 1. The summed E-state index contributed by atoms with van der Waals surface area (Å²) in [6.45, 7) is 3.55. The molecule has 1 unspecified atom stereocenters. The van der Waals surface area contributed by atoms with Gasteiger partial charge in [0.15, 0.2) is 0 Å². The Kier molecular flexibility index (Phi) is 5.70. The summed E-state index contributed by atoms with van der Waals surface area (Å²) in [6.07, 6.45) is 0.655. The molecule has 6 heteroatoms. The van der Waals surface area contributed by atoms with E-state index in [9.17, 15) is 0 Å². The van der Waals surface area contributed by atoms with E-state index in [1.165, 1.54) is 0 Å². The number of likely N-dealkylation sites (N-methyl/N-ethyl adjacent to an activating group) is 1. The molecule has 5 nitrogen and oxygen atoms in total. The molecule has 1 atom stereocenters. The van der Waals surface area contributed by atoms with Crippen LogP contribution in [0.3, 0.4) is 0 Å². The molecule has 2 rings (SSSR count). The van der Waals surface area contributed by atoms with Gasteiger partial charge in [0.05, 0.1) is 6.61 Å². The molecule has 0 saturated heterocycles. The molecule has 0 aliphatic heterocycles. The van der Waals surface area contributed by atoms with Crippen LogP contribution in [0, 0.1) is 0 Å². The van der Waals surface area contributed by atoms with Crippen LogP contribution in [0.5, 0.6) is 0 Å². The van der Waals surface area contributed by atoms with Crippen molar-refractivity contribution in [2.24, 2.45) is 0 Å². The zero-order valence-corrected chi connectivity index (χ0v) is 13.2. The van der Waals surface area contributed by atoms with Crippen molar-refractivity contribution in [1.82, 2.24) is 15.5 Å². The van der Waals surface area contributed by atoms with Crippen molar-refractivity contribution in [3.63, 3.8) is 0 Å². The third-order valence-corrected chi connectivity index (χ3v) is 3.33. The topological polar surface area (TPSA) is 60.2 Å². The first-order valence-electron chi connectivity index (χ1n) is 6.53. The van der Waals surface area contributed by atoms with Crippen molar-refractivity contribution in [1.29, 1.82) is 0 Å². The summed E-state index contributed by atoms with van der Waals surface area (Å²) in [6, 6.07) is 8.01. The number of benzene rings is 1. The molecule has 1 aromatic carbocycles. The molecule has 0 amide bonds. The van der Waals surface area contributed by atoms with Crippen LogP contribution in [-0.2, 0) is 11.2 Å². The highest BCUT2D eigenvalue weighted by Crippen LogP contribution is 2.20. The molecule has 20 heavy (non-hydrogen) atoms. The third kappa shape index (κ3) is 4.13. The predicted octanol–water partition coefficient (Wildman–Crippen LogP) is 2.67. The third-order valence-electron chi connectivity index (χ3n) is 2.83. The lowest BCUT2D eigenvalue weighted by atomic mass is 10.2. The quantitative estimate of drug-likeness (QED) is 0.840. The van der Waals surface area contributed by atoms with Crippen molar-refractivity contribution >= 4 is 15.9 Å². The summed E-state index contributed by atoms with van der Waals surface area (Å²) >= 11 is 3.43. The lowest BCUT2D eigenvalue weighted by Crippen LogP contribution is -2.35. The van der Waals surface area contributed by atoms with Gasteiger partial charge in [0.2, 0.25) is 11.7 Å². The Morgan fingerprint density at radius 1 is 1.45 bits per heavy atom. The van der Waals surface area contributed by atoms with Crippen molar-refractivity contribution in [2.45, 2.75) is 19.4 Å². The van der Waals surface area contributed by atoms with E-state index in [4.69, 9.17) is 9.26 Å². The van der Waals surface area contributed by atoms with Crippen LogP contribution in [0.15, 0.2) is 33.3 Å². The van der Waals surface area contributed by atoms with Gasteiger partial charge in [0.1, 0.15) is 0 Å². The Morgan fingerprint density at radius 2 is 2.30 bits per heavy atom. The van der Waals surface area contributed by atoms with E-state index in [1.807, 2.05) is 24.3 Å². The first kappa shape index (κ1) is 15.2. The Labute approximate surface area is 126 Å². The first-order chi connectivity index (χ1) is 9.72. The fraction of sp³-hybridized carbons (Fsp3) is 0.429. The van der Waals surface area contributed by atoms with Gasteiger partial charge in [-0.3, -0.25) is 0 Å². The number of ether oxygens (including phenoxy) is 1. The Bertz CT molecular complexity index is 539. The smallest absolute Gasteiger partial charge is 0.228 e. The lowest BCUT2D eigenvalue weighted by molar-refractivity contribution is 0.162. The largest absolute Gasteiger partial charge is 0.383 e. The number of aromatic nitrogens is 2. The van der Waals surface area contributed by atoms with E-state index in [2.05, 4.69) is 38.3 Å². The number of halogens is 1. The number of nitrogens with one attached hydrogen (secondary N) is 1. The summed E-state index contributed by atoms with van der Waals surface area (Å²) in [5, 5.41) is 7.36. The molecular formula is C14H18BrN3O2. The van der Waals surface area contributed by atoms with E-state index < -0.39 is 0 Å². The van der Waals surface area contributed by atoms with Gasteiger partial charge in [-0.15, -0.1) is 0 Å². The van der Waals surface area contributed by atoms with Gasteiger partial charge >= 0.3 is 0 Å². The summed E-state index contributed by atoms with van der Waals surface area (Å²) in [5.41, 5.74) is 0.932. The highest BCUT2D eigenvalue weighted by molar-refractivity contribution is 9.10. The zero-order chi connectivity index (χ0) is 14.4. The minimum atomic E-state index is 0.181. The zero-order valence-electron chi connectivity index (χ0n) is 11.6. The maximum absolute atomic E-state index is 5.31. The molecule has 0 spiro atoms. The van der Waals surface area contributed by atoms with E-state index in [0.717, 1.165) is 16.6 Å². The van der Waals surface area contributed by atoms with E-state index in [1.54, 1.807) is 7.11 Å². The standard InChI is InChI=1S/C14H18BrN3O2/c1-3-16-12(9-19-2)8-13-17-14(18-20-13)10-5-4-6-11(15)7-10/h4-7,12,16H,3,8-9H2,1-2H3. The minimum absolute atomic E-state index is 0.181. The number of methoxy groups -OCH3 is 1. The molecule has 0 radical (unpaired) electrons. The average molecular weight is 340 g/mol. The molecule has 2 aromatic rings. The highest BCUT2D eigenvalue weighted by Gasteiger charge is 2.14. The molecule has 0 bridgehead atoms. The molecule has 0 fully saturated rings. The van der Waals surface area contributed by atoms with E-state index in [0.29, 0.717) is 24.7 Å². The van der Waals surface area contributed by atoms with Gasteiger partial charge in [-0.1, -0.05) is 40.1 Å². The molecular weight excluding hydrogens is 322 g/mol. The van der Waals surface area contributed by atoms with Gasteiger partial charge in [-0.05, 0) is 18.7 Å². The van der Waals surface area contributed by atoms with Crippen molar-refractivity contribution in [3.8, 4) is 11.4 Å². The van der Waals surface area contributed by atoms with Gasteiger partial charge in [-0.2, -0.15) is 4.98 Å². The van der Waals surface area contributed by atoms with Gasteiger partial charge in [-0.25, -0.2) is 0 Å². The minimum Gasteiger partial charge on any atom is -0.383 e. The number of nitrogens with zero attached hydrogens (tertiary/aromatic N) is 2. The Balaban J connectivity index is 2.08. The van der Waals surface area contributed by atoms with Crippen molar-refractivity contribution < 1.29 is 9.26 Å². The van der Waals surface area contributed by atoms with Crippen LogP contribution in [0.1, 0.15) is 12.8 Å². The summed E-state index contributed by atoms with van der Waals surface area (Å²) in [4.78, 5) is 4.43. The molecule has 108 valence electrons. The Hall–Kier alpha value is -1.24. The SMILES string of the molecule is CCNC(COC)Cc1nc(-c2cccc(Br)c2)no1. The van der Waals surface area contributed by atoms with Crippen LogP contribution in [-0.4, -0.2) is 36.4 Å².